The first kappa shape index (κ1) is 11.7. The summed E-state index contributed by atoms with van der Waals surface area (Å²) in [5.41, 5.74) is 8.31. The number of rotatable bonds is 4. The number of imidazole rings is 1. The van der Waals surface area contributed by atoms with Crippen LogP contribution in [0.2, 0.25) is 0 Å². The molecule has 0 unspecified atom stereocenters. The van der Waals surface area contributed by atoms with Crippen molar-refractivity contribution in [3.63, 3.8) is 0 Å². The van der Waals surface area contributed by atoms with Crippen molar-refractivity contribution in [2.24, 2.45) is 5.92 Å². The lowest BCUT2D eigenvalue weighted by Gasteiger charge is -2.08. The number of hydrogen-bond donors (Lipinski definition) is 1. The molecule has 0 saturated carbocycles. The van der Waals surface area contributed by atoms with Gasteiger partial charge in [0, 0.05) is 13.0 Å². The average molecular weight is 229 g/mol. The molecule has 0 aliphatic heterocycles. The minimum atomic E-state index is 0.580. The van der Waals surface area contributed by atoms with Gasteiger partial charge in [-0.05, 0) is 11.5 Å². The van der Waals surface area contributed by atoms with Gasteiger partial charge in [0.05, 0.1) is 12.0 Å². The second-order valence-corrected chi connectivity index (χ2v) is 4.79. The quantitative estimate of drug-likeness (QED) is 0.876. The van der Waals surface area contributed by atoms with E-state index in [1.54, 1.807) is 0 Å². The van der Waals surface area contributed by atoms with E-state index in [1.165, 1.54) is 5.56 Å². The fourth-order valence-corrected chi connectivity index (χ4v) is 1.90. The van der Waals surface area contributed by atoms with Gasteiger partial charge in [0.2, 0.25) is 0 Å². The Labute approximate surface area is 102 Å². The topological polar surface area (TPSA) is 43.8 Å². The highest BCUT2D eigenvalue weighted by Crippen LogP contribution is 2.16. The Bertz CT molecular complexity index is 471. The molecule has 0 bridgehead atoms. The zero-order chi connectivity index (χ0) is 12.3. The molecule has 2 aromatic rings. The molecule has 0 saturated heterocycles. The Balaban J connectivity index is 2.15. The molecule has 2 N–H and O–H groups in total. The molecule has 0 aliphatic rings. The molecule has 0 spiro atoms. The van der Waals surface area contributed by atoms with Crippen molar-refractivity contribution in [3.05, 3.63) is 47.9 Å². The monoisotopic (exact) mass is 229 g/mol. The van der Waals surface area contributed by atoms with E-state index in [9.17, 15) is 0 Å². The fourth-order valence-electron chi connectivity index (χ4n) is 1.90. The van der Waals surface area contributed by atoms with E-state index in [0.29, 0.717) is 5.92 Å². The Kier molecular flexibility index (Phi) is 3.47. The third-order valence-electron chi connectivity index (χ3n) is 2.73. The molecule has 90 valence electrons. The van der Waals surface area contributed by atoms with Gasteiger partial charge in [-0.2, -0.15) is 0 Å². The molecule has 2 rings (SSSR count). The van der Waals surface area contributed by atoms with Crippen molar-refractivity contribution < 1.29 is 0 Å². The van der Waals surface area contributed by atoms with Gasteiger partial charge in [-0.25, -0.2) is 4.98 Å². The van der Waals surface area contributed by atoms with Gasteiger partial charge in [-0.3, -0.25) is 0 Å². The molecule has 3 heteroatoms. The van der Waals surface area contributed by atoms with Crippen LogP contribution >= 0.6 is 0 Å². The van der Waals surface area contributed by atoms with Gasteiger partial charge < -0.3 is 10.3 Å². The summed E-state index contributed by atoms with van der Waals surface area (Å²) in [7, 11) is 0. The van der Waals surface area contributed by atoms with E-state index in [2.05, 4.69) is 31.0 Å². The maximum absolute atomic E-state index is 6.10. The highest BCUT2D eigenvalue weighted by atomic mass is 15.1. The highest BCUT2D eigenvalue weighted by molar-refractivity contribution is 5.39. The SMILES string of the molecule is CC(C)Cn1cnc(Cc2ccccc2)c1N. The van der Waals surface area contributed by atoms with Gasteiger partial charge in [0.25, 0.3) is 0 Å². The molecule has 0 fully saturated rings. The summed E-state index contributed by atoms with van der Waals surface area (Å²) < 4.78 is 2.03. The number of nitrogens with zero attached hydrogens (tertiary/aromatic N) is 2. The molecule has 3 nitrogen and oxygen atoms in total. The highest BCUT2D eigenvalue weighted by Gasteiger charge is 2.08. The van der Waals surface area contributed by atoms with E-state index in [4.69, 9.17) is 5.73 Å². The Morgan fingerprint density at radius 3 is 2.59 bits per heavy atom. The van der Waals surface area contributed by atoms with E-state index < -0.39 is 0 Å². The minimum Gasteiger partial charge on any atom is -0.384 e. The number of nitrogens with two attached hydrogens (primary N) is 1. The van der Waals surface area contributed by atoms with Crippen LogP contribution in [0.1, 0.15) is 25.1 Å². The normalized spacial score (nSPS) is 11.0. The molecule has 1 aromatic carbocycles. The second-order valence-electron chi connectivity index (χ2n) is 4.79. The van der Waals surface area contributed by atoms with E-state index in [1.807, 2.05) is 29.1 Å². The molecule has 0 amide bonds. The van der Waals surface area contributed by atoms with Crippen LogP contribution in [-0.2, 0) is 13.0 Å². The number of nitrogen functional groups attached to an aromatic ring is 1. The Morgan fingerprint density at radius 2 is 1.94 bits per heavy atom. The molecule has 0 atom stereocenters. The van der Waals surface area contributed by atoms with Crippen molar-refractivity contribution in [2.75, 3.05) is 5.73 Å². The second kappa shape index (κ2) is 5.04. The summed E-state index contributed by atoms with van der Waals surface area (Å²) in [5, 5.41) is 0. The van der Waals surface area contributed by atoms with Crippen LogP contribution in [-0.4, -0.2) is 9.55 Å². The van der Waals surface area contributed by atoms with Crippen LogP contribution in [0.3, 0.4) is 0 Å². The van der Waals surface area contributed by atoms with Crippen LogP contribution in [0.5, 0.6) is 0 Å². The summed E-state index contributed by atoms with van der Waals surface area (Å²) in [6.07, 6.45) is 2.64. The zero-order valence-corrected chi connectivity index (χ0v) is 10.4. The van der Waals surface area contributed by atoms with Crippen molar-refractivity contribution in [2.45, 2.75) is 26.8 Å². The molecule has 1 aromatic heterocycles. The fraction of sp³-hybridized carbons (Fsp3) is 0.357. The number of aromatic nitrogens is 2. The first-order chi connectivity index (χ1) is 8.16. The van der Waals surface area contributed by atoms with Crippen LogP contribution in [0.25, 0.3) is 0 Å². The molecule has 17 heavy (non-hydrogen) atoms. The standard InChI is InChI=1S/C14H19N3/c1-11(2)9-17-10-16-13(14(17)15)8-12-6-4-3-5-7-12/h3-7,10-11H,8-9,15H2,1-2H3. The number of anilines is 1. The van der Waals surface area contributed by atoms with Crippen molar-refractivity contribution >= 4 is 5.82 Å². The lowest BCUT2D eigenvalue weighted by Crippen LogP contribution is -2.07. The van der Waals surface area contributed by atoms with E-state index >= 15 is 0 Å². The summed E-state index contributed by atoms with van der Waals surface area (Å²) in [6.45, 7) is 5.28. The van der Waals surface area contributed by atoms with Crippen LogP contribution in [0.4, 0.5) is 5.82 Å². The zero-order valence-electron chi connectivity index (χ0n) is 10.4. The predicted octanol–water partition coefficient (Wildman–Crippen LogP) is 2.71. The molecular weight excluding hydrogens is 210 g/mol. The molecule has 0 radical (unpaired) electrons. The summed E-state index contributed by atoms with van der Waals surface area (Å²) >= 11 is 0. The van der Waals surface area contributed by atoms with Gasteiger partial charge in [-0.15, -0.1) is 0 Å². The lowest BCUT2D eigenvalue weighted by molar-refractivity contribution is 0.527. The minimum absolute atomic E-state index is 0.580. The summed E-state index contributed by atoms with van der Waals surface area (Å²) in [5.74, 6) is 1.37. The van der Waals surface area contributed by atoms with Crippen molar-refractivity contribution in [1.82, 2.24) is 9.55 Å². The summed E-state index contributed by atoms with van der Waals surface area (Å²) in [4.78, 5) is 4.40. The largest absolute Gasteiger partial charge is 0.384 e. The number of benzene rings is 1. The summed E-state index contributed by atoms with van der Waals surface area (Å²) in [6, 6.07) is 10.3. The van der Waals surface area contributed by atoms with E-state index in [0.717, 1.165) is 24.5 Å². The van der Waals surface area contributed by atoms with Gasteiger partial charge in [-0.1, -0.05) is 44.2 Å². The van der Waals surface area contributed by atoms with Crippen LogP contribution in [0, 0.1) is 5.92 Å². The average Bonchev–Trinajstić information content (AvgIpc) is 2.62. The molecular formula is C14H19N3. The first-order valence-corrected chi connectivity index (χ1v) is 6.00. The smallest absolute Gasteiger partial charge is 0.126 e. The maximum Gasteiger partial charge on any atom is 0.126 e. The van der Waals surface area contributed by atoms with Gasteiger partial charge >= 0.3 is 0 Å². The van der Waals surface area contributed by atoms with Gasteiger partial charge in [0.1, 0.15) is 5.82 Å². The number of hydrogen-bond acceptors (Lipinski definition) is 2. The lowest BCUT2D eigenvalue weighted by atomic mass is 10.1. The molecule has 1 heterocycles. The first-order valence-electron chi connectivity index (χ1n) is 6.00. The van der Waals surface area contributed by atoms with Crippen molar-refractivity contribution in [3.8, 4) is 0 Å². The van der Waals surface area contributed by atoms with Crippen LogP contribution in [0.15, 0.2) is 36.7 Å². The third kappa shape index (κ3) is 2.87. The Hall–Kier alpha value is -1.77. The van der Waals surface area contributed by atoms with E-state index in [-0.39, 0.29) is 0 Å². The maximum atomic E-state index is 6.10. The van der Waals surface area contributed by atoms with Gasteiger partial charge in [0.15, 0.2) is 0 Å². The molecule has 0 aliphatic carbocycles. The predicted molar refractivity (Wildman–Crippen MR) is 70.7 cm³/mol. The Morgan fingerprint density at radius 1 is 1.24 bits per heavy atom. The van der Waals surface area contributed by atoms with Crippen LogP contribution < -0.4 is 5.73 Å². The third-order valence-corrected chi connectivity index (χ3v) is 2.73. The van der Waals surface area contributed by atoms with Crippen molar-refractivity contribution in [1.29, 1.82) is 0 Å².